The molecular formula is C15H16BrFN2O. The number of hydrogen-bond donors (Lipinski definition) is 1. The molecule has 2 rings (SSSR count). The fourth-order valence-corrected chi connectivity index (χ4v) is 2.18. The first-order chi connectivity index (χ1) is 9.62. The Hall–Kier alpha value is -1.46. The summed E-state index contributed by atoms with van der Waals surface area (Å²) in [5.41, 5.74) is 7.50. The van der Waals surface area contributed by atoms with Gasteiger partial charge in [0.25, 0.3) is 0 Å². The van der Waals surface area contributed by atoms with E-state index in [-0.39, 0.29) is 5.75 Å². The van der Waals surface area contributed by atoms with Gasteiger partial charge in [0.15, 0.2) is 11.6 Å². The number of aryl methyl sites for hydroxylation is 1. The molecule has 5 heteroatoms. The van der Waals surface area contributed by atoms with Crippen molar-refractivity contribution in [3.63, 3.8) is 0 Å². The molecule has 0 saturated carbocycles. The second-order valence-electron chi connectivity index (χ2n) is 4.44. The van der Waals surface area contributed by atoms with Crippen molar-refractivity contribution < 1.29 is 9.13 Å². The third kappa shape index (κ3) is 3.77. The Morgan fingerprint density at radius 3 is 2.75 bits per heavy atom. The number of nitrogens with zero attached hydrogens (tertiary/aromatic N) is 1. The topological polar surface area (TPSA) is 48.1 Å². The van der Waals surface area contributed by atoms with Crippen LogP contribution in [0.25, 0.3) is 0 Å². The minimum Gasteiger partial charge on any atom is -0.436 e. The van der Waals surface area contributed by atoms with Gasteiger partial charge in [0.05, 0.1) is 0 Å². The molecule has 1 aromatic carbocycles. The number of halogens is 2. The molecule has 0 saturated heterocycles. The average Bonchev–Trinajstić information content (AvgIpc) is 2.42. The number of benzene rings is 1. The van der Waals surface area contributed by atoms with Crippen LogP contribution >= 0.6 is 15.9 Å². The second kappa shape index (κ2) is 6.81. The van der Waals surface area contributed by atoms with E-state index < -0.39 is 5.82 Å². The highest BCUT2D eigenvalue weighted by molar-refractivity contribution is 9.10. The molecule has 0 atom stereocenters. The molecule has 20 heavy (non-hydrogen) atoms. The van der Waals surface area contributed by atoms with Crippen LogP contribution < -0.4 is 10.5 Å². The van der Waals surface area contributed by atoms with Crippen LogP contribution in [-0.2, 0) is 13.0 Å². The van der Waals surface area contributed by atoms with Gasteiger partial charge in [-0.2, -0.15) is 0 Å². The molecule has 0 unspecified atom stereocenters. The molecule has 1 aromatic heterocycles. The van der Waals surface area contributed by atoms with Crippen LogP contribution in [0.2, 0.25) is 0 Å². The second-order valence-corrected chi connectivity index (χ2v) is 5.35. The molecule has 0 bridgehead atoms. The fourth-order valence-electron chi connectivity index (χ4n) is 1.85. The third-order valence-electron chi connectivity index (χ3n) is 2.76. The van der Waals surface area contributed by atoms with Gasteiger partial charge in [-0.05, 0) is 36.2 Å². The highest BCUT2D eigenvalue weighted by Gasteiger charge is 2.08. The molecule has 1 heterocycles. The average molecular weight is 339 g/mol. The lowest BCUT2D eigenvalue weighted by molar-refractivity contribution is 0.425. The van der Waals surface area contributed by atoms with Gasteiger partial charge < -0.3 is 10.5 Å². The normalized spacial score (nSPS) is 10.6. The lowest BCUT2D eigenvalue weighted by atomic mass is 10.1. The molecule has 0 radical (unpaired) electrons. The Morgan fingerprint density at radius 1 is 1.30 bits per heavy atom. The zero-order chi connectivity index (χ0) is 14.5. The molecule has 2 aromatic rings. The first-order valence-corrected chi connectivity index (χ1v) is 7.24. The van der Waals surface area contributed by atoms with Gasteiger partial charge in [0.1, 0.15) is 0 Å². The molecule has 106 valence electrons. The lowest BCUT2D eigenvalue weighted by Crippen LogP contribution is -2.01. The van der Waals surface area contributed by atoms with Crippen LogP contribution in [0, 0.1) is 5.82 Å². The van der Waals surface area contributed by atoms with E-state index in [2.05, 4.69) is 27.8 Å². The zero-order valence-corrected chi connectivity index (χ0v) is 12.8. The van der Waals surface area contributed by atoms with E-state index in [0.29, 0.717) is 16.9 Å². The van der Waals surface area contributed by atoms with Crippen LogP contribution in [0.4, 0.5) is 4.39 Å². The van der Waals surface area contributed by atoms with Gasteiger partial charge in [0.2, 0.25) is 5.88 Å². The van der Waals surface area contributed by atoms with E-state index in [0.717, 1.165) is 24.1 Å². The summed E-state index contributed by atoms with van der Waals surface area (Å²) in [4.78, 5) is 4.37. The van der Waals surface area contributed by atoms with Crippen LogP contribution in [0.15, 0.2) is 34.8 Å². The highest BCUT2D eigenvalue weighted by Crippen LogP contribution is 2.26. The van der Waals surface area contributed by atoms with Crippen molar-refractivity contribution in [2.45, 2.75) is 26.3 Å². The first-order valence-electron chi connectivity index (χ1n) is 6.45. The summed E-state index contributed by atoms with van der Waals surface area (Å²) >= 11 is 3.21. The molecule has 3 nitrogen and oxygen atoms in total. The van der Waals surface area contributed by atoms with E-state index in [4.69, 9.17) is 10.5 Å². The van der Waals surface area contributed by atoms with Crippen LogP contribution in [0.1, 0.15) is 24.6 Å². The van der Waals surface area contributed by atoms with Crippen molar-refractivity contribution in [1.29, 1.82) is 0 Å². The number of aromatic nitrogens is 1. The van der Waals surface area contributed by atoms with Crippen molar-refractivity contribution >= 4 is 15.9 Å². The Bertz CT molecular complexity index is 604. The Morgan fingerprint density at radius 2 is 2.10 bits per heavy atom. The number of pyridine rings is 1. The first kappa shape index (κ1) is 14.9. The van der Waals surface area contributed by atoms with Crippen molar-refractivity contribution in [1.82, 2.24) is 4.98 Å². The number of nitrogens with two attached hydrogens (primary N) is 1. The molecule has 0 amide bonds. The quantitative estimate of drug-likeness (QED) is 0.889. The fraction of sp³-hybridized carbons (Fsp3) is 0.267. The highest BCUT2D eigenvalue weighted by atomic mass is 79.9. The summed E-state index contributed by atoms with van der Waals surface area (Å²) in [6.45, 7) is 2.48. The van der Waals surface area contributed by atoms with Crippen LogP contribution in [0.3, 0.4) is 0 Å². The van der Waals surface area contributed by atoms with Gasteiger partial charge in [-0.15, -0.1) is 0 Å². The van der Waals surface area contributed by atoms with E-state index in [9.17, 15) is 4.39 Å². The number of rotatable bonds is 5. The summed E-state index contributed by atoms with van der Waals surface area (Å²) in [6, 6.07) is 8.33. The van der Waals surface area contributed by atoms with Crippen LogP contribution in [-0.4, -0.2) is 4.98 Å². The van der Waals surface area contributed by atoms with Crippen LogP contribution in [0.5, 0.6) is 11.6 Å². The SMILES string of the molecule is CCCc1cc(CN)cc(Oc2ccc(Br)cc2F)n1. The molecular weight excluding hydrogens is 323 g/mol. The number of hydrogen-bond acceptors (Lipinski definition) is 3. The largest absolute Gasteiger partial charge is 0.436 e. The summed E-state index contributed by atoms with van der Waals surface area (Å²) in [6.07, 6.45) is 1.82. The maximum absolute atomic E-state index is 13.8. The Kier molecular flexibility index (Phi) is 5.09. The van der Waals surface area contributed by atoms with Gasteiger partial charge >= 0.3 is 0 Å². The molecule has 2 N–H and O–H groups in total. The minimum atomic E-state index is -0.434. The molecule has 0 aliphatic heterocycles. The Labute approximate surface area is 126 Å². The minimum absolute atomic E-state index is 0.150. The van der Waals surface area contributed by atoms with Gasteiger partial charge in [-0.25, -0.2) is 9.37 Å². The van der Waals surface area contributed by atoms with Crippen molar-refractivity contribution in [2.75, 3.05) is 0 Å². The smallest absolute Gasteiger partial charge is 0.219 e. The standard InChI is InChI=1S/C15H16BrFN2O/c1-2-3-12-6-10(9-18)7-15(19-12)20-14-5-4-11(16)8-13(14)17/h4-8H,2-3,9,18H2,1H3. The van der Waals surface area contributed by atoms with Gasteiger partial charge in [0, 0.05) is 22.8 Å². The predicted molar refractivity (Wildman–Crippen MR) is 80.3 cm³/mol. The van der Waals surface area contributed by atoms with Gasteiger partial charge in [-0.3, -0.25) is 0 Å². The molecule has 0 aliphatic rings. The predicted octanol–water partition coefficient (Wildman–Crippen LogP) is 4.19. The van der Waals surface area contributed by atoms with E-state index in [1.807, 2.05) is 6.07 Å². The summed E-state index contributed by atoms with van der Waals surface area (Å²) in [5, 5.41) is 0. The van der Waals surface area contributed by atoms with E-state index in [1.165, 1.54) is 6.07 Å². The Balaban J connectivity index is 2.29. The van der Waals surface area contributed by atoms with Crippen molar-refractivity contribution in [3.8, 4) is 11.6 Å². The summed E-state index contributed by atoms with van der Waals surface area (Å²) in [7, 11) is 0. The van der Waals surface area contributed by atoms with Crippen molar-refractivity contribution in [3.05, 3.63) is 51.9 Å². The van der Waals surface area contributed by atoms with Crippen molar-refractivity contribution in [2.24, 2.45) is 5.73 Å². The third-order valence-corrected chi connectivity index (χ3v) is 3.26. The summed E-state index contributed by atoms with van der Waals surface area (Å²) in [5.74, 6) is 0.0892. The van der Waals surface area contributed by atoms with Gasteiger partial charge in [-0.1, -0.05) is 29.3 Å². The maximum Gasteiger partial charge on any atom is 0.219 e. The monoisotopic (exact) mass is 338 g/mol. The zero-order valence-electron chi connectivity index (χ0n) is 11.2. The van der Waals surface area contributed by atoms with E-state index >= 15 is 0 Å². The lowest BCUT2D eigenvalue weighted by Gasteiger charge is -2.09. The number of ether oxygens (including phenoxy) is 1. The maximum atomic E-state index is 13.8. The molecule has 0 spiro atoms. The van der Waals surface area contributed by atoms with E-state index in [1.54, 1.807) is 18.2 Å². The molecule has 0 fully saturated rings. The summed E-state index contributed by atoms with van der Waals surface area (Å²) < 4.78 is 20.0. The molecule has 0 aliphatic carbocycles.